The molecule has 1 heterocycles. The second kappa shape index (κ2) is 4.47. The van der Waals surface area contributed by atoms with Gasteiger partial charge in [-0.25, -0.2) is 4.79 Å². The molecule has 0 spiro atoms. The van der Waals surface area contributed by atoms with E-state index >= 15 is 0 Å². The van der Waals surface area contributed by atoms with Crippen LogP contribution in [0.1, 0.15) is 27.7 Å². The monoisotopic (exact) mass is 229 g/mol. The summed E-state index contributed by atoms with van der Waals surface area (Å²) in [5.41, 5.74) is 0. The van der Waals surface area contributed by atoms with Gasteiger partial charge in [0.2, 0.25) is 0 Å². The predicted molar refractivity (Wildman–Crippen MR) is 63.8 cm³/mol. The minimum Gasteiger partial charge on any atom is -0.480 e. The van der Waals surface area contributed by atoms with Crippen molar-refractivity contribution in [3.63, 3.8) is 0 Å². The Hall–Kier alpha value is -0.640. The van der Waals surface area contributed by atoms with Crippen molar-refractivity contribution >= 4 is 17.7 Å². The zero-order valence-corrected chi connectivity index (χ0v) is 10.5. The van der Waals surface area contributed by atoms with E-state index in [9.17, 15) is 9.90 Å². The Balaban J connectivity index is 2.79. The fourth-order valence-electron chi connectivity index (χ4n) is 1.64. The maximum Gasteiger partial charge on any atom is 0.327 e. The van der Waals surface area contributed by atoms with E-state index in [0.717, 1.165) is 5.88 Å². The van der Waals surface area contributed by atoms with Crippen molar-refractivity contribution in [2.24, 2.45) is 5.92 Å². The fourth-order valence-corrected chi connectivity index (χ4v) is 2.76. The molecule has 86 valence electrons. The molecule has 15 heavy (non-hydrogen) atoms. The lowest BCUT2D eigenvalue weighted by Crippen LogP contribution is -2.43. The molecule has 0 radical (unpaired) electrons. The lowest BCUT2D eigenvalue weighted by atomic mass is 10.0. The summed E-state index contributed by atoms with van der Waals surface area (Å²) in [5, 5.41) is 9.20. The van der Waals surface area contributed by atoms with Crippen molar-refractivity contribution in [1.82, 2.24) is 4.90 Å². The Labute approximate surface area is 95.5 Å². The molecule has 0 amide bonds. The summed E-state index contributed by atoms with van der Waals surface area (Å²) in [6.07, 6.45) is 3.96. The molecule has 0 aromatic carbocycles. The highest BCUT2D eigenvalue weighted by Gasteiger charge is 2.44. The van der Waals surface area contributed by atoms with Crippen LogP contribution in [-0.4, -0.2) is 32.6 Å². The summed E-state index contributed by atoms with van der Waals surface area (Å²) in [7, 11) is 0. The van der Waals surface area contributed by atoms with E-state index in [4.69, 9.17) is 0 Å². The molecule has 1 atom stereocenters. The topological polar surface area (TPSA) is 40.5 Å². The molecular formula is C11H19NO2S. The Kier molecular flexibility index (Phi) is 3.71. The average molecular weight is 229 g/mol. The highest BCUT2D eigenvalue weighted by Crippen LogP contribution is 2.39. The van der Waals surface area contributed by atoms with Gasteiger partial charge in [0.15, 0.2) is 0 Å². The number of rotatable bonds is 3. The van der Waals surface area contributed by atoms with E-state index < -0.39 is 12.0 Å². The van der Waals surface area contributed by atoms with Gasteiger partial charge in [-0.3, -0.25) is 0 Å². The Morgan fingerprint density at radius 1 is 1.60 bits per heavy atom. The second-order valence-electron chi connectivity index (χ2n) is 4.72. The van der Waals surface area contributed by atoms with Crippen LogP contribution >= 0.6 is 11.8 Å². The molecule has 0 unspecified atom stereocenters. The van der Waals surface area contributed by atoms with E-state index in [1.807, 2.05) is 31.0 Å². The summed E-state index contributed by atoms with van der Waals surface area (Å²) < 4.78 is -0.215. The Morgan fingerprint density at radius 3 is 2.67 bits per heavy atom. The summed E-state index contributed by atoms with van der Waals surface area (Å²) in [4.78, 5) is 13.1. The first kappa shape index (κ1) is 12.4. The molecule has 4 heteroatoms. The zero-order chi connectivity index (χ0) is 11.6. The van der Waals surface area contributed by atoms with Crippen LogP contribution in [-0.2, 0) is 4.79 Å². The van der Waals surface area contributed by atoms with Crippen LogP contribution in [0, 0.1) is 5.92 Å². The molecule has 0 saturated carbocycles. The number of hydrogen-bond donors (Lipinski definition) is 1. The second-order valence-corrected chi connectivity index (χ2v) is 6.32. The van der Waals surface area contributed by atoms with Crippen LogP contribution in [0.5, 0.6) is 0 Å². The number of hydrogen-bond acceptors (Lipinski definition) is 3. The molecule has 1 aliphatic rings. The third kappa shape index (κ3) is 2.91. The van der Waals surface area contributed by atoms with E-state index in [-0.39, 0.29) is 4.75 Å². The van der Waals surface area contributed by atoms with E-state index in [1.54, 1.807) is 11.8 Å². The number of carbonyl (C=O) groups is 1. The van der Waals surface area contributed by atoms with Gasteiger partial charge in [0.05, 0.1) is 5.88 Å². The molecule has 1 N–H and O–H groups in total. The number of thioether (sulfide) groups is 1. The van der Waals surface area contributed by atoms with Crippen LogP contribution < -0.4 is 0 Å². The van der Waals surface area contributed by atoms with Crippen molar-refractivity contribution in [2.75, 3.05) is 5.88 Å². The lowest BCUT2D eigenvalue weighted by molar-refractivity contribution is -0.142. The minimum absolute atomic E-state index is 0.215. The summed E-state index contributed by atoms with van der Waals surface area (Å²) >= 11 is 1.69. The molecular weight excluding hydrogens is 210 g/mol. The predicted octanol–water partition coefficient (Wildman–Crippen LogP) is 2.39. The third-order valence-corrected chi connectivity index (χ3v) is 3.87. The first-order valence-electron chi connectivity index (χ1n) is 5.15. The highest BCUT2D eigenvalue weighted by atomic mass is 32.2. The van der Waals surface area contributed by atoms with Gasteiger partial charge in [-0.1, -0.05) is 19.9 Å². The molecule has 1 fully saturated rings. The maximum absolute atomic E-state index is 11.2. The van der Waals surface area contributed by atoms with Crippen LogP contribution in [0.25, 0.3) is 0 Å². The number of allylic oxidation sites excluding steroid dienone is 1. The van der Waals surface area contributed by atoms with Crippen LogP contribution in [0.15, 0.2) is 12.3 Å². The molecule has 0 aromatic rings. The van der Waals surface area contributed by atoms with Gasteiger partial charge in [0.1, 0.15) is 6.04 Å². The summed E-state index contributed by atoms with van der Waals surface area (Å²) in [6.45, 7) is 8.14. The number of carboxylic acid groups (broad SMARTS) is 1. The van der Waals surface area contributed by atoms with Crippen molar-refractivity contribution < 1.29 is 9.90 Å². The van der Waals surface area contributed by atoms with Crippen molar-refractivity contribution in [2.45, 2.75) is 38.5 Å². The van der Waals surface area contributed by atoms with Gasteiger partial charge in [-0.05, 0) is 26.0 Å². The minimum atomic E-state index is -0.738. The maximum atomic E-state index is 11.2. The summed E-state index contributed by atoms with van der Waals surface area (Å²) in [5.74, 6) is 0.472. The molecule has 1 saturated heterocycles. The third-order valence-electron chi connectivity index (χ3n) is 2.47. The van der Waals surface area contributed by atoms with Gasteiger partial charge >= 0.3 is 5.97 Å². The van der Waals surface area contributed by atoms with Gasteiger partial charge < -0.3 is 10.0 Å². The van der Waals surface area contributed by atoms with Crippen LogP contribution in [0.3, 0.4) is 0 Å². The van der Waals surface area contributed by atoms with Gasteiger partial charge in [-0.2, -0.15) is 0 Å². The molecule has 0 aliphatic carbocycles. The number of aliphatic carboxylic acids is 1. The Bertz CT molecular complexity index is 274. The zero-order valence-electron chi connectivity index (χ0n) is 9.73. The van der Waals surface area contributed by atoms with Crippen molar-refractivity contribution in [3.8, 4) is 0 Å². The molecule has 1 rings (SSSR count). The number of nitrogens with zero attached hydrogens (tertiary/aromatic N) is 1. The van der Waals surface area contributed by atoms with Gasteiger partial charge in [-0.15, -0.1) is 11.8 Å². The lowest BCUT2D eigenvalue weighted by Gasteiger charge is -2.26. The molecule has 0 aromatic heterocycles. The largest absolute Gasteiger partial charge is 0.480 e. The highest BCUT2D eigenvalue weighted by molar-refractivity contribution is 8.00. The number of carboxylic acids is 1. The summed E-state index contributed by atoms with van der Waals surface area (Å²) in [6, 6.07) is -0.419. The fraction of sp³-hybridized carbons (Fsp3) is 0.727. The molecule has 1 aliphatic heterocycles. The van der Waals surface area contributed by atoms with E-state index in [1.165, 1.54) is 0 Å². The SMILES string of the molecule is CC(C)/C=C/N1CSC(C)(C)[C@H]1C(=O)O. The molecule has 0 bridgehead atoms. The van der Waals surface area contributed by atoms with Gasteiger partial charge in [0.25, 0.3) is 0 Å². The average Bonchev–Trinajstić information content (AvgIpc) is 2.37. The van der Waals surface area contributed by atoms with Crippen molar-refractivity contribution in [3.05, 3.63) is 12.3 Å². The Morgan fingerprint density at radius 2 is 2.20 bits per heavy atom. The quantitative estimate of drug-likeness (QED) is 0.806. The normalized spacial score (nSPS) is 25.4. The van der Waals surface area contributed by atoms with E-state index in [2.05, 4.69) is 13.8 Å². The first-order chi connectivity index (χ1) is 6.84. The smallest absolute Gasteiger partial charge is 0.327 e. The van der Waals surface area contributed by atoms with Gasteiger partial charge in [0, 0.05) is 4.75 Å². The van der Waals surface area contributed by atoms with E-state index in [0.29, 0.717) is 5.92 Å². The van der Waals surface area contributed by atoms with Crippen LogP contribution in [0.2, 0.25) is 0 Å². The van der Waals surface area contributed by atoms with Crippen LogP contribution in [0.4, 0.5) is 0 Å². The molecule has 3 nitrogen and oxygen atoms in total. The standard InChI is InChI=1S/C11H19NO2S/c1-8(2)5-6-12-7-15-11(3,4)9(12)10(13)14/h5-6,8-9H,7H2,1-4H3,(H,13,14)/b6-5+/t9-/m1/s1. The first-order valence-corrected chi connectivity index (χ1v) is 6.14. The van der Waals surface area contributed by atoms with Crippen molar-refractivity contribution in [1.29, 1.82) is 0 Å².